The number of phosphoric ester groups is 2. The van der Waals surface area contributed by atoms with Gasteiger partial charge in [0.15, 0.2) is 12.2 Å². The molecule has 3 unspecified atom stereocenters. The lowest BCUT2D eigenvalue weighted by molar-refractivity contribution is -0.161. The predicted octanol–water partition coefficient (Wildman–Crippen LogP) is 16.6. The standard InChI is InChI=1S/C61H118O17P2/c1-6-10-13-16-19-22-23-24-25-26-27-30-37-42-47-61(66)78-57(51-72-59(64)45-40-35-32-31-33-38-43-54(5)9-4)53-76-80(69,70)74-49-55(62)48-73-79(67,68)75-52-56(77-60(65)46-41-36-29-21-18-15-12-8-3)50-71-58(63)44-39-34-28-20-17-14-11-7-2/h54-57,62H,6-53H2,1-5H3,(H,67,68)(H,69,70)/t54?,55-,56+,57+/m0/s1. The molecule has 6 atom stereocenters. The minimum Gasteiger partial charge on any atom is -0.462 e. The Bertz CT molecular complexity index is 1570. The van der Waals surface area contributed by atoms with Crippen molar-refractivity contribution in [1.82, 2.24) is 0 Å². The molecule has 0 rings (SSSR count). The summed E-state index contributed by atoms with van der Waals surface area (Å²) in [6, 6.07) is 0. The SMILES string of the molecule is CCCCCCCCCCCCCCCCC(=O)O[C@H](COC(=O)CCCCCCCCC(C)CC)COP(=O)(O)OC[C@@H](O)COP(=O)(O)OC[C@@H](COC(=O)CCCCCCCCCC)OC(=O)CCCCCCCCCC. The largest absolute Gasteiger partial charge is 0.472 e. The molecule has 80 heavy (non-hydrogen) atoms. The lowest BCUT2D eigenvalue weighted by Gasteiger charge is -2.21. The van der Waals surface area contributed by atoms with Gasteiger partial charge in [-0.1, -0.05) is 253 Å². The Kier molecular flexibility index (Phi) is 53.6. The van der Waals surface area contributed by atoms with Crippen molar-refractivity contribution in [3.8, 4) is 0 Å². The second-order valence-electron chi connectivity index (χ2n) is 22.3. The second-order valence-corrected chi connectivity index (χ2v) is 25.2. The summed E-state index contributed by atoms with van der Waals surface area (Å²) in [7, 11) is -9.87. The van der Waals surface area contributed by atoms with Crippen LogP contribution < -0.4 is 0 Å². The smallest absolute Gasteiger partial charge is 0.462 e. The lowest BCUT2D eigenvalue weighted by Crippen LogP contribution is -2.30. The minimum absolute atomic E-state index is 0.105. The summed E-state index contributed by atoms with van der Waals surface area (Å²) in [6.45, 7) is 7.08. The van der Waals surface area contributed by atoms with Crippen LogP contribution in [-0.4, -0.2) is 96.7 Å². The molecule has 0 aromatic heterocycles. The van der Waals surface area contributed by atoms with Crippen LogP contribution in [0.4, 0.5) is 0 Å². The van der Waals surface area contributed by atoms with Gasteiger partial charge in [-0.05, 0) is 31.6 Å². The van der Waals surface area contributed by atoms with E-state index in [-0.39, 0.29) is 25.7 Å². The maximum absolute atomic E-state index is 12.9. The number of unbranched alkanes of at least 4 members (excludes halogenated alkanes) is 32. The Labute approximate surface area is 486 Å². The van der Waals surface area contributed by atoms with Crippen molar-refractivity contribution in [2.45, 2.75) is 323 Å². The van der Waals surface area contributed by atoms with Crippen LogP contribution >= 0.6 is 15.6 Å². The van der Waals surface area contributed by atoms with Crippen molar-refractivity contribution >= 4 is 39.5 Å². The number of aliphatic hydroxyl groups excluding tert-OH is 1. The molecule has 0 aliphatic rings. The Morgan fingerprint density at radius 2 is 0.600 bits per heavy atom. The van der Waals surface area contributed by atoms with Crippen LogP contribution in [0, 0.1) is 5.92 Å². The monoisotopic (exact) mass is 1180 g/mol. The van der Waals surface area contributed by atoms with Crippen LogP contribution in [-0.2, 0) is 65.4 Å². The number of carbonyl (C=O) groups is 4. The number of ether oxygens (including phenoxy) is 4. The van der Waals surface area contributed by atoms with Gasteiger partial charge in [-0.2, -0.15) is 0 Å². The van der Waals surface area contributed by atoms with Crippen LogP contribution in [0.1, 0.15) is 304 Å². The Balaban J connectivity index is 5.21. The van der Waals surface area contributed by atoms with Gasteiger partial charge in [0.1, 0.15) is 19.3 Å². The van der Waals surface area contributed by atoms with Gasteiger partial charge in [-0.25, -0.2) is 9.13 Å². The molecule has 0 spiro atoms. The quantitative estimate of drug-likeness (QED) is 0.0222. The topological polar surface area (TPSA) is 237 Å². The molecular formula is C61H118O17P2. The first-order valence-electron chi connectivity index (χ1n) is 32.2. The van der Waals surface area contributed by atoms with Gasteiger partial charge in [0.05, 0.1) is 26.4 Å². The summed E-state index contributed by atoms with van der Waals surface area (Å²) in [4.78, 5) is 71.9. The zero-order chi connectivity index (χ0) is 59.2. The molecule has 0 fully saturated rings. The van der Waals surface area contributed by atoms with Crippen LogP contribution in [0.2, 0.25) is 0 Å². The fourth-order valence-electron chi connectivity index (χ4n) is 9.02. The molecule has 0 aromatic carbocycles. The maximum atomic E-state index is 12.9. The molecule has 17 nitrogen and oxygen atoms in total. The molecule has 474 valence electrons. The first-order valence-corrected chi connectivity index (χ1v) is 35.2. The zero-order valence-electron chi connectivity index (χ0n) is 51.2. The highest BCUT2D eigenvalue weighted by Gasteiger charge is 2.30. The van der Waals surface area contributed by atoms with Crippen molar-refractivity contribution in [3.63, 3.8) is 0 Å². The summed E-state index contributed by atoms with van der Waals surface area (Å²) < 4.78 is 67.7. The normalized spacial score (nSPS) is 14.7. The highest BCUT2D eigenvalue weighted by Crippen LogP contribution is 2.45. The van der Waals surface area contributed by atoms with Crippen LogP contribution in [0.15, 0.2) is 0 Å². The van der Waals surface area contributed by atoms with Gasteiger partial charge in [0, 0.05) is 25.7 Å². The van der Waals surface area contributed by atoms with E-state index in [2.05, 4.69) is 34.6 Å². The van der Waals surface area contributed by atoms with Crippen LogP contribution in [0.3, 0.4) is 0 Å². The third-order valence-electron chi connectivity index (χ3n) is 14.4. The molecule has 0 amide bonds. The van der Waals surface area contributed by atoms with Gasteiger partial charge < -0.3 is 33.8 Å². The van der Waals surface area contributed by atoms with Gasteiger partial charge >= 0.3 is 39.5 Å². The number of carbonyl (C=O) groups excluding carboxylic acids is 4. The van der Waals surface area contributed by atoms with Crippen molar-refractivity contribution in [2.24, 2.45) is 5.92 Å². The van der Waals surface area contributed by atoms with Gasteiger partial charge in [0.25, 0.3) is 0 Å². The third kappa shape index (κ3) is 54.0. The van der Waals surface area contributed by atoms with E-state index in [9.17, 15) is 43.2 Å². The van der Waals surface area contributed by atoms with Crippen molar-refractivity contribution in [3.05, 3.63) is 0 Å². The first-order chi connectivity index (χ1) is 38.6. The van der Waals surface area contributed by atoms with Gasteiger partial charge in [-0.15, -0.1) is 0 Å². The average molecular weight is 1190 g/mol. The Hall–Kier alpha value is -1.94. The van der Waals surface area contributed by atoms with Crippen molar-refractivity contribution in [1.29, 1.82) is 0 Å². The highest BCUT2D eigenvalue weighted by molar-refractivity contribution is 7.47. The fraction of sp³-hybridized carbons (Fsp3) is 0.934. The third-order valence-corrected chi connectivity index (χ3v) is 16.3. The second kappa shape index (κ2) is 55.0. The van der Waals surface area contributed by atoms with E-state index >= 15 is 0 Å². The summed E-state index contributed by atoms with van der Waals surface area (Å²) in [5.41, 5.74) is 0. The molecule has 0 saturated heterocycles. The Morgan fingerprint density at radius 3 is 0.887 bits per heavy atom. The fourth-order valence-corrected chi connectivity index (χ4v) is 10.6. The van der Waals surface area contributed by atoms with Crippen molar-refractivity contribution in [2.75, 3.05) is 39.6 Å². The first kappa shape index (κ1) is 78.1. The average Bonchev–Trinajstić information content (AvgIpc) is 3.43. The summed E-state index contributed by atoms with van der Waals surface area (Å²) in [5.74, 6) is -1.41. The Morgan fingerprint density at radius 1 is 0.350 bits per heavy atom. The molecule has 0 heterocycles. The molecular weight excluding hydrogens is 1070 g/mol. The molecule has 0 aromatic rings. The molecule has 19 heteroatoms. The van der Waals surface area contributed by atoms with Gasteiger partial charge in [-0.3, -0.25) is 37.3 Å². The van der Waals surface area contributed by atoms with E-state index in [0.29, 0.717) is 25.7 Å². The predicted molar refractivity (Wildman–Crippen MR) is 317 cm³/mol. The molecule has 0 bridgehead atoms. The number of aliphatic hydroxyl groups is 1. The van der Waals surface area contributed by atoms with Crippen molar-refractivity contribution < 1.29 is 80.2 Å². The summed E-state index contributed by atoms with van der Waals surface area (Å²) in [6.07, 6.45) is 37.6. The summed E-state index contributed by atoms with van der Waals surface area (Å²) in [5, 5.41) is 10.5. The van der Waals surface area contributed by atoms with Crippen LogP contribution in [0.25, 0.3) is 0 Å². The van der Waals surface area contributed by atoms with E-state index < -0.39 is 97.5 Å². The minimum atomic E-state index is -4.94. The maximum Gasteiger partial charge on any atom is 0.472 e. The van der Waals surface area contributed by atoms with E-state index in [4.69, 9.17) is 37.0 Å². The highest BCUT2D eigenvalue weighted by atomic mass is 31.2. The van der Waals surface area contributed by atoms with E-state index in [0.717, 1.165) is 115 Å². The molecule has 0 radical (unpaired) electrons. The lowest BCUT2D eigenvalue weighted by atomic mass is 10.00. The molecule has 0 saturated carbocycles. The number of hydrogen-bond acceptors (Lipinski definition) is 15. The molecule has 3 N–H and O–H groups in total. The molecule has 0 aliphatic heterocycles. The number of esters is 4. The number of phosphoric acid groups is 2. The van der Waals surface area contributed by atoms with E-state index in [1.165, 1.54) is 109 Å². The van der Waals surface area contributed by atoms with E-state index in [1.54, 1.807) is 0 Å². The summed E-state index contributed by atoms with van der Waals surface area (Å²) >= 11 is 0. The van der Waals surface area contributed by atoms with E-state index in [1.807, 2.05) is 0 Å². The number of rotatable bonds is 61. The van der Waals surface area contributed by atoms with Gasteiger partial charge in [0.2, 0.25) is 0 Å². The number of hydrogen-bond donors (Lipinski definition) is 3. The zero-order valence-corrected chi connectivity index (χ0v) is 53.0. The molecule has 0 aliphatic carbocycles. The van der Waals surface area contributed by atoms with Crippen LogP contribution in [0.5, 0.6) is 0 Å².